The topological polar surface area (TPSA) is 63.4 Å². The molecule has 0 aliphatic rings. The van der Waals surface area contributed by atoms with Crippen molar-refractivity contribution < 1.29 is 8.42 Å². The molecule has 1 aromatic carbocycles. The fourth-order valence-electron chi connectivity index (χ4n) is 1.70. The summed E-state index contributed by atoms with van der Waals surface area (Å²) in [6.45, 7) is 6.20. The molecule has 2 N–H and O–H groups in total. The van der Waals surface area contributed by atoms with Crippen molar-refractivity contribution in [3.8, 4) is 0 Å². The average Bonchev–Trinajstić information content (AvgIpc) is 2.29. The van der Waals surface area contributed by atoms with Crippen LogP contribution >= 0.6 is 11.6 Å². The lowest BCUT2D eigenvalue weighted by Gasteiger charge is -2.18. The van der Waals surface area contributed by atoms with Gasteiger partial charge >= 0.3 is 0 Å². The molecule has 6 heteroatoms. The third-order valence-electron chi connectivity index (χ3n) is 2.88. The number of rotatable bonds is 6. The van der Waals surface area contributed by atoms with E-state index >= 15 is 0 Å². The van der Waals surface area contributed by atoms with E-state index in [1.165, 1.54) is 12.1 Å². The maximum Gasteiger partial charge on any atom is 0.181 e. The molecule has 0 saturated heterocycles. The van der Waals surface area contributed by atoms with Crippen LogP contribution in [0.3, 0.4) is 0 Å². The maximum atomic E-state index is 12.2. The van der Waals surface area contributed by atoms with Gasteiger partial charge in [-0.1, -0.05) is 25.4 Å². The molecule has 0 fully saturated rings. The van der Waals surface area contributed by atoms with E-state index in [2.05, 4.69) is 4.90 Å². The van der Waals surface area contributed by atoms with E-state index < -0.39 is 9.84 Å². The zero-order chi connectivity index (χ0) is 13.8. The van der Waals surface area contributed by atoms with Gasteiger partial charge in [0.15, 0.2) is 9.84 Å². The first-order valence-corrected chi connectivity index (χ1v) is 7.93. The number of sulfone groups is 1. The van der Waals surface area contributed by atoms with Gasteiger partial charge in [0.05, 0.1) is 16.3 Å². The molecular formula is C12H19ClN2O2S. The summed E-state index contributed by atoms with van der Waals surface area (Å²) in [5, 5.41) is 0.440. The van der Waals surface area contributed by atoms with Crippen molar-refractivity contribution >= 4 is 27.1 Å². The molecule has 4 nitrogen and oxygen atoms in total. The van der Waals surface area contributed by atoms with Gasteiger partial charge < -0.3 is 10.6 Å². The minimum atomic E-state index is -3.35. The van der Waals surface area contributed by atoms with Gasteiger partial charge in [0.1, 0.15) is 0 Å². The van der Waals surface area contributed by atoms with Gasteiger partial charge in [0, 0.05) is 11.6 Å². The zero-order valence-corrected chi connectivity index (χ0v) is 12.3. The van der Waals surface area contributed by atoms with Crippen molar-refractivity contribution in [3.63, 3.8) is 0 Å². The summed E-state index contributed by atoms with van der Waals surface area (Å²) in [7, 11) is -3.35. The molecule has 0 atom stereocenters. The van der Waals surface area contributed by atoms with Crippen molar-refractivity contribution in [2.75, 3.05) is 31.1 Å². The van der Waals surface area contributed by atoms with Gasteiger partial charge in [-0.2, -0.15) is 0 Å². The fourth-order valence-corrected chi connectivity index (χ4v) is 3.29. The lowest BCUT2D eigenvalue weighted by Crippen LogP contribution is -2.29. The Hall–Kier alpha value is -0.780. The van der Waals surface area contributed by atoms with E-state index in [0.29, 0.717) is 11.6 Å². The summed E-state index contributed by atoms with van der Waals surface area (Å²) >= 11 is 5.76. The molecule has 0 aliphatic heterocycles. The number of nitrogens with two attached hydrogens (primary N) is 1. The van der Waals surface area contributed by atoms with Gasteiger partial charge in [-0.05, 0) is 31.3 Å². The van der Waals surface area contributed by atoms with Crippen molar-refractivity contribution in [2.24, 2.45) is 0 Å². The zero-order valence-electron chi connectivity index (χ0n) is 10.7. The summed E-state index contributed by atoms with van der Waals surface area (Å²) in [6.07, 6.45) is 0. The van der Waals surface area contributed by atoms with Crippen LogP contribution in [0.4, 0.5) is 5.69 Å². The van der Waals surface area contributed by atoms with E-state index in [4.69, 9.17) is 17.3 Å². The quantitative estimate of drug-likeness (QED) is 0.814. The SMILES string of the molecule is CCN(CC)CCS(=O)(=O)c1ccc(Cl)cc1N. The molecular weight excluding hydrogens is 272 g/mol. The molecule has 0 unspecified atom stereocenters. The lowest BCUT2D eigenvalue weighted by molar-refractivity contribution is 0.321. The number of hydrogen-bond donors (Lipinski definition) is 1. The highest BCUT2D eigenvalue weighted by Gasteiger charge is 2.18. The van der Waals surface area contributed by atoms with Gasteiger partial charge in [0.2, 0.25) is 0 Å². The Kier molecular flexibility index (Phi) is 5.44. The van der Waals surface area contributed by atoms with Gasteiger partial charge in [-0.3, -0.25) is 0 Å². The summed E-state index contributed by atoms with van der Waals surface area (Å²) in [6, 6.07) is 4.48. The highest BCUT2D eigenvalue weighted by Crippen LogP contribution is 2.23. The van der Waals surface area contributed by atoms with Crippen LogP contribution in [0.15, 0.2) is 23.1 Å². The van der Waals surface area contributed by atoms with Gasteiger partial charge in [-0.15, -0.1) is 0 Å². The minimum absolute atomic E-state index is 0.0700. The molecule has 0 amide bonds. The van der Waals surface area contributed by atoms with Crippen LogP contribution < -0.4 is 5.73 Å². The highest BCUT2D eigenvalue weighted by atomic mass is 35.5. The van der Waals surface area contributed by atoms with Crippen LogP contribution in [0, 0.1) is 0 Å². The predicted molar refractivity (Wildman–Crippen MR) is 75.7 cm³/mol. The maximum absolute atomic E-state index is 12.2. The van der Waals surface area contributed by atoms with Gasteiger partial charge in [-0.25, -0.2) is 8.42 Å². The lowest BCUT2D eigenvalue weighted by atomic mass is 10.3. The first kappa shape index (κ1) is 15.3. The van der Waals surface area contributed by atoms with Gasteiger partial charge in [0.25, 0.3) is 0 Å². The second kappa shape index (κ2) is 6.41. The number of halogens is 1. The molecule has 0 saturated carbocycles. The van der Waals surface area contributed by atoms with Crippen molar-refractivity contribution in [2.45, 2.75) is 18.7 Å². The predicted octanol–water partition coefficient (Wildman–Crippen LogP) is 2.04. The van der Waals surface area contributed by atoms with Crippen LogP contribution in [0.1, 0.15) is 13.8 Å². The van der Waals surface area contributed by atoms with E-state index in [1.54, 1.807) is 6.07 Å². The van der Waals surface area contributed by atoms with Crippen LogP contribution in [0.2, 0.25) is 5.02 Å². The molecule has 1 aromatic rings. The number of hydrogen-bond acceptors (Lipinski definition) is 4. The molecule has 0 spiro atoms. The molecule has 0 aromatic heterocycles. The van der Waals surface area contributed by atoms with Crippen molar-refractivity contribution in [1.82, 2.24) is 4.90 Å². The third-order valence-corrected chi connectivity index (χ3v) is 4.87. The van der Waals surface area contributed by atoms with E-state index in [1.807, 2.05) is 13.8 Å². The summed E-state index contributed by atoms with van der Waals surface area (Å²) < 4.78 is 24.3. The fraction of sp³-hybridized carbons (Fsp3) is 0.500. The Bertz CT molecular complexity index is 499. The first-order chi connectivity index (χ1) is 8.40. The summed E-state index contributed by atoms with van der Waals surface area (Å²) in [5.74, 6) is 0.0700. The normalized spacial score (nSPS) is 12.0. The standard InChI is InChI=1S/C12H19ClN2O2S/c1-3-15(4-2)7-8-18(16,17)12-6-5-10(13)9-11(12)14/h5-6,9H,3-4,7-8,14H2,1-2H3. The largest absolute Gasteiger partial charge is 0.398 e. The number of nitrogen functional groups attached to an aromatic ring is 1. The second-order valence-electron chi connectivity index (χ2n) is 4.03. The Balaban J connectivity index is 2.86. The number of nitrogens with zero attached hydrogens (tertiary/aromatic N) is 1. The molecule has 0 radical (unpaired) electrons. The monoisotopic (exact) mass is 290 g/mol. The van der Waals surface area contributed by atoms with E-state index in [-0.39, 0.29) is 16.3 Å². The van der Waals surface area contributed by atoms with Crippen LogP contribution in [-0.2, 0) is 9.84 Å². The summed E-state index contributed by atoms with van der Waals surface area (Å²) in [4.78, 5) is 2.22. The summed E-state index contributed by atoms with van der Waals surface area (Å²) in [5.41, 5.74) is 5.91. The van der Waals surface area contributed by atoms with Crippen LogP contribution in [0.5, 0.6) is 0 Å². The number of anilines is 1. The molecule has 18 heavy (non-hydrogen) atoms. The second-order valence-corrected chi connectivity index (χ2v) is 6.54. The van der Waals surface area contributed by atoms with Crippen molar-refractivity contribution in [1.29, 1.82) is 0 Å². The highest BCUT2D eigenvalue weighted by molar-refractivity contribution is 7.91. The van der Waals surface area contributed by atoms with Crippen LogP contribution in [0.25, 0.3) is 0 Å². The van der Waals surface area contributed by atoms with Crippen LogP contribution in [-0.4, -0.2) is 38.7 Å². The van der Waals surface area contributed by atoms with Crippen molar-refractivity contribution in [3.05, 3.63) is 23.2 Å². The first-order valence-electron chi connectivity index (χ1n) is 5.90. The Labute approximate surface area is 114 Å². The Morgan fingerprint density at radius 3 is 2.39 bits per heavy atom. The molecule has 0 aliphatic carbocycles. The average molecular weight is 291 g/mol. The van der Waals surface area contributed by atoms with E-state index in [9.17, 15) is 8.42 Å². The molecule has 1 rings (SSSR count). The Morgan fingerprint density at radius 2 is 1.89 bits per heavy atom. The van der Waals surface area contributed by atoms with E-state index in [0.717, 1.165) is 13.1 Å². The number of benzene rings is 1. The third kappa shape index (κ3) is 3.86. The minimum Gasteiger partial charge on any atom is -0.398 e. The molecule has 102 valence electrons. The smallest absolute Gasteiger partial charge is 0.181 e. The molecule has 0 heterocycles. The Morgan fingerprint density at radius 1 is 1.28 bits per heavy atom. The molecule has 0 bridgehead atoms.